The molecule has 112 valence electrons. The molecule has 0 unspecified atom stereocenters. The van der Waals surface area contributed by atoms with Gasteiger partial charge in [-0.25, -0.2) is 13.4 Å². The van der Waals surface area contributed by atoms with Crippen molar-refractivity contribution in [2.75, 3.05) is 30.4 Å². The largest absolute Gasteiger partial charge is 0.370 e. The molecule has 0 fully saturated rings. The first-order chi connectivity index (χ1) is 9.33. The molecule has 1 aromatic rings. The second kappa shape index (κ2) is 7.58. The van der Waals surface area contributed by atoms with Crippen molar-refractivity contribution in [1.82, 2.24) is 10.3 Å². The molecule has 0 aliphatic heterocycles. The molecule has 1 rings (SSSR count). The van der Waals surface area contributed by atoms with Gasteiger partial charge in [0, 0.05) is 30.0 Å². The number of halogens is 1. The van der Waals surface area contributed by atoms with Crippen molar-refractivity contribution < 1.29 is 13.2 Å². The van der Waals surface area contributed by atoms with Crippen LogP contribution < -0.4 is 10.6 Å². The maximum absolute atomic E-state index is 12.1. The van der Waals surface area contributed by atoms with Gasteiger partial charge in [-0.3, -0.25) is 4.79 Å². The summed E-state index contributed by atoms with van der Waals surface area (Å²) < 4.78 is 22.7. The van der Waals surface area contributed by atoms with Crippen LogP contribution in [0, 0.1) is 0 Å². The molecule has 2 N–H and O–H groups in total. The maximum Gasteiger partial charge on any atom is 0.255 e. The minimum atomic E-state index is -2.99. The van der Waals surface area contributed by atoms with Crippen molar-refractivity contribution in [2.24, 2.45) is 0 Å². The number of sulfone groups is 1. The van der Waals surface area contributed by atoms with Gasteiger partial charge >= 0.3 is 0 Å². The number of pyridine rings is 1. The Hall–Kier alpha value is -1.15. The number of hydrogen-bond donors (Lipinski definition) is 2. The van der Waals surface area contributed by atoms with Gasteiger partial charge in [-0.1, -0.05) is 0 Å². The minimum absolute atomic E-state index is 0.0596. The first-order valence-electron chi connectivity index (χ1n) is 6.19. The van der Waals surface area contributed by atoms with E-state index in [1.54, 1.807) is 12.3 Å². The zero-order valence-corrected chi connectivity index (χ0v) is 13.8. The Labute approximate surface area is 127 Å². The zero-order valence-electron chi connectivity index (χ0n) is 11.4. The van der Waals surface area contributed by atoms with Gasteiger partial charge in [-0.05, 0) is 35.3 Å². The highest BCUT2D eigenvalue weighted by atomic mass is 79.9. The standard InChI is InChI=1S/C12H18BrN3O3S/c1-3-14-11-10(7-9(13)8-16-11)12(17)15-5-4-6-20(2,18)19/h7-8H,3-6H2,1-2H3,(H,14,16)(H,15,17). The summed E-state index contributed by atoms with van der Waals surface area (Å²) in [6.45, 7) is 2.88. The summed E-state index contributed by atoms with van der Waals surface area (Å²) in [5.41, 5.74) is 0.431. The lowest BCUT2D eigenvalue weighted by atomic mass is 10.2. The van der Waals surface area contributed by atoms with Crippen LogP contribution in [0.1, 0.15) is 23.7 Å². The Kier molecular flexibility index (Phi) is 6.41. The van der Waals surface area contributed by atoms with E-state index < -0.39 is 9.84 Å². The summed E-state index contributed by atoms with van der Waals surface area (Å²) in [5.74, 6) is 0.295. The van der Waals surface area contributed by atoms with Crippen LogP contribution in [0.2, 0.25) is 0 Å². The first-order valence-corrected chi connectivity index (χ1v) is 9.04. The molecule has 0 spiro atoms. The lowest BCUT2D eigenvalue weighted by molar-refractivity contribution is 0.0954. The van der Waals surface area contributed by atoms with Crippen molar-refractivity contribution in [3.05, 3.63) is 22.3 Å². The van der Waals surface area contributed by atoms with Crippen molar-refractivity contribution in [2.45, 2.75) is 13.3 Å². The van der Waals surface area contributed by atoms with E-state index in [-0.39, 0.29) is 11.7 Å². The van der Waals surface area contributed by atoms with Gasteiger partial charge in [0.05, 0.1) is 11.3 Å². The fourth-order valence-electron chi connectivity index (χ4n) is 1.55. The highest BCUT2D eigenvalue weighted by Gasteiger charge is 2.13. The van der Waals surface area contributed by atoms with Crippen LogP contribution in [-0.4, -0.2) is 44.4 Å². The lowest BCUT2D eigenvalue weighted by Crippen LogP contribution is -2.27. The third kappa shape index (κ3) is 5.87. The fraction of sp³-hybridized carbons (Fsp3) is 0.500. The van der Waals surface area contributed by atoms with Crippen LogP contribution in [0.4, 0.5) is 5.82 Å². The van der Waals surface area contributed by atoms with E-state index in [0.717, 1.165) is 0 Å². The molecule has 20 heavy (non-hydrogen) atoms. The smallest absolute Gasteiger partial charge is 0.255 e. The van der Waals surface area contributed by atoms with Crippen molar-refractivity contribution in [1.29, 1.82) is 0 Å². The number of amides is 1. The SMILES string of the molecule is CCNc1ncc(Br)cc1C(=O)NCCCS(C)(=O)=O. The summed E-state index contributed by atoms with van der Waals surface area (Å²) in [5, 5.41) is 5.70. The maximum atomic E-state index is 12.1. The molecule has 0 saturated heterocycles. The normalized spacial score (nSPS) is 11.2. The average Bonchev–Trinajstić information content (AvgIpc) is 2.35. The van der Waals surface area contributed by atoms with E-state index in [2.05, 4.69) is 31.5 Å². The molecule has 0 aliphatic rings. The third-order valence-electron chi connectivity index (χ3n) is 2.42. The van der Waals surface area contributed by atoms with Gasteiger partial charge in [0.25, 0.3) is 5.91 Å². The Balaban J connectivity index is 2.65. The molecule has 0 aliphatic carbocycles. The van der Waals surface area contributed by atoms with Crippen LogP contribution in [0.3, 0.4) is 0 Å². The number of aromatic nitrogens is 1. The summed E-state index contributed by atoms with van der Waals surface area (Å²) in [6, 6.07) is 1.68. The molecule has 0 atom stereocenters. The molecular weight excluding hydrogens is 346 g/mol. The first kappa shape index (κ1) is 16.9. The Morgan fingerprint density at radius 1 is 1.45 bits per heavy atom. The van der Waals surface area contributed by atoms with Gasteiger partial charge in [0.1, 0.15) is 15.7 Å². The summed E-state index contributed by atoms with van der Waals surface area (Å²) in [6.07, 6.45) is 3.18. The number of carbonyl (C=O) groups is 1. The number of hydrogen-bond acceptors (Lipinski definition) is 5. The molecule has 0 saturated carbocycles. The Morgan fingerprint density at radius 2 is 2.15 bits per heavy atom. The van der Waals surface area contributed by atoms with Crippen LogP contribution in [0.15, 0.2) is 16.7 Å². The topological polar surface area (TPSA) is 88.2 Å². The molecule has 8 heteroatoms. The number of rotatable bonds is 7. The van der Waals surface area contributed by atoms with E-state index in [1.807, 2.05) is 6.92 Å². The van der Waals surface area contributed by atoms with Crippen LogP contribution in [0.25, 0.3) is 0 Å². The number of carbonyl (C=O) groups excluding carboxylic acids is 1. The molecule has 1 heterocycles. The Bertz CT molecular complexity index is 575. The summed E-state index contributed by atoms with van der Waals surface area (Å²) in [4.78, 5) is 16.2. The molecule has 0 radical (unpaired) electrons. The number of anilines is 1. The third-order valence-corrected chi connectivity index (χ3v) is 3.88. The highest BCUT2D eigenvalue weighted by Crippen LogP contribution is 2.17. The second-order valence-electron chi connectivity index (χ2n) is 4.32. The van der Waals surface area contributed by atoms with Crippen molar-refractivity contribution in [3.63, 3.8) is 0 Å². The van der Waals surface area contributed by atoms with E-state index in [0.29, 0.717) is 35.4 Å². The molecule has 0 bridgehead atoms. The van der Waals surface area contributed by atoms with E-state index in [1.165, 1.54) is 6.26 Å². The van der Waals surface area contributed by atoms with Gasteiger partial charge in [0.2, 0.25) is 0 Å². The van der Waals surface area contributed by atoms with Gasteiger partial charge in [-0.15, -0.1) is 0 Å². The average molecular weight is 364 g/mol. The molecule has 1 aromatic heterocycles. The lowest BCUT2D eigenvalue weighted by Gasteiger charge is -2.10. The van der Waals surface area contributed by atoms with E-state index in [4.69, 9.17) is 0 Å². The molecular formula is C12H18BrN3O3S. The zero-order chi connectivity index (χ0) is 15.2. The molecule has 6 nitrogen and oxygen atoms in total. The Morgan fingerprint density at radius 3 is 2.75 bits per heavy atom. The number of nitrogens with one attached hydrogen (secondary N) is 2. The van der Waals surface area contributed by atoms with Crippen LogP contribution in [0.5, 0.6) is 0 Å². The quantitative estimate of drug-likeness (QED) is 0.715. The van der Waals surface area contributed by atoms with E-state index in [9.17, 15) is 13.2 Å². The van der Waals surface area contributed by atoms with Gasteiger partial charge in [0.15, 0.2) is 0 Å². The number of nitrogens with zero attached hydrogens (tertiary/aromatic N) is 1. The van der Waals surface area contributed by atoms with Crippen molar-refractivity contribution >= 4 is 37.5 Å². The van der Waals surface area contributed by atoms with E-state index >= 15 is 0 Å². The van der Waals surface area contributed by atoms with Crippen LogP contribution >= 0.6 is 15.9 Å². The predicted molar refractivity (Wildman–Crippen MR) is 82.8 cm³/mol. The monoisotopic (exact) mass is 363 g/mol. The molecule has 0 aromatic carbocycles. The minimum Gasteiger partial charge on any atom is -0.370 e. The molecule has 1 amide bonds. The van der Waals surface area contributed by atoms with Gasteiger partial charge in [-0.2, -0.15) is 0 Å². The van der Waals surface area contributed by atoms with Gasteiger partial charge < -0.3 is 10.6 Å². The highest BCUT2D eigenvalue weighted by molar-refractivity contribution is 9.10. The second-order valence-corrected chi connectivity index (χ2v) is 7.49. The fourth-order valence-corrected chi connectivity index (χ4v) is 2.55. The van der Waals surface area contributed by atoms with Crippen molar-refractivity contribution in [3.8, 4) is 0 Å². The summed E-state index contributed by atoms with van der Waals surface area (Å²) >= 11 is 3.27. The predicted octanol–water partition coefficient (Wildman–Crippen LogP) is 1.44. The summed E-state index contributed by atoms with van der Waals surface area (Å²) in [7, 11) is -2.99. The van der Waals surface area contributed by atoms with Crippen LogP contribution in [-0.2, 0) is 9.84 Å².